The van der Waals surface area contributed by atoms with Crippen molar-refractivity contribution in [1.29, 1.82) is 0 Å². The minimum absolute atomic E-state index is 0.484. The van der Waals surface area contributed by atoms with Gasteiger partial charge < -0.3 is 10.1 Å². The third-order valence-electron chi connectivity index (χ3n) is 5.31. The monoisotopic (exact) mass is 411 g/mol. The summed E-state index contributed by atoms with van der Waals surface area (Å²) in [5, 5.41) is 7.66. The van der Waals surface area contributed by atoms with E-state index in [-0.39, 0.29) is 0 Å². The van der Waals surface area contributed by atoms with Gasteiger partial charge in [0.1, 0.15) is 11.4 Å². The molecule has 28 heavy (non-hydrogen) atoms. The summed E-state index contributed by atoms with van der Waals surface area (Å²) in [6, 6.07) is 7.14. The van der Waals surface area contributed by atoms with Gasteiger partial charge in [0.2, 0.25) is 0 Å². The first-order valence-corrected chi connectivity index (χ1v) is 11.0. The maximum absolute atomic E-state index is 12.9. The lowest BCUT2D eigenvalue weighted by Gasteiger charge is -2.35. The van der Waals surface area contributed by atoms with Crippen LogP contribution in [-0.4, -0.2) is 13.1 Å². The Kier molecular flexibility index (Phi) is 7.05. The fourth-order valence-corrected chi connectivity index (χ4v) is 4.16. The molecule has 0 aliphatic heterocycles. The van der Waals surface area contributed by atoms with E-state index in [1.807, 2.05) is 5.38 Å². The number of thiophene rings is 1. The fourth-order valence-electron chi connectivity index (χ4n) is 3.42. The minimum Gasteiger partial charge on any atom is -0.483 e. The van der Waals surface area contributed by atoms with Gasteiger partial charge in [-0.25, -0.2) is 0 Å². The summed E-state index contributed by atoms with van der Waals surface area (Å²) < 4.78 is 45.1. The Bertz CT molecular complexity index is 710. The van der Waals surface area contributed by atoms with Crippen molar-refractivity contribution in [3.05, 3.63) is 52.2 Å². The maximum atomic E-state index is 12.9. The Morgan fingerprint density at radius 3 is 2.39 bits per heavy atom. The van der Waals surface area contributed by atoms with Gasteiger partial charge in [-0.05, 0) is 85.8 Å². The summed E-state index contributed by atoms with van der Waals surface area (Å²) in [6.45, 7) is 4.01. The van der Waals surface area contributed by atoms with E-state index in [0.29, 0.717) is 5.75 Å². The molecule has 0 amide bonds. The van der Waals surface area contributed by atoms with Crippen LogP contribution < -0.4 is 10.1 Å². The molecule has 1 N–H and O–H groups in total. The molecule has 0 spiro atoms. The average molecular weight is 412 g/mol. The number of hydrogen-bond acceptors (Lipinski definition) is 3. The Labute approximate surface area is 169 Å². The topological polar surface area (TPSA) is 21.3 Å². The van der Waals surface area contributed by atoms with E-state index in [9.17, 15) is 13.2 Å². The highest BCUT2D eigenvalue weighted by molar-refractivity contribution is 7.08. The van der Waals surface area contributed by atoms with Gasteiger partial charge in [0, 0.05) is 12.0 Å². The summed E-state index contributed by atoms with van der Waals surface area (Å²) >= 11 is 1.62. The Hall–Kier alpha value is -1.53. The van der Waals surface area contributed by atoms with Crippen molar-refractivity contribution >= 4 is 11.3 Å². The molecule has 1 heterocycles. The molecule has 0 bridgehead atoms. The number of ether oxygens (including phenoxy) is 1. The Morgan fingerprint density at radius 1 is 1.07 bits per heavy atom. The molecule has 0 radical (unpaired) electrons. The number of alkyl halides is 3. The van der Waals surface area contributed by atoms with Crippen LogP contribution in [0.5, 0.6) is 5.75 Å². The smallest absolute Gasteiger partial charge is 0.416 e. The van der Waals surface area contributed by atoms with Crippen LogP contribution >= 0.6 is 11.3 Å². The standard InChI is InChI=1S/C22H28F3NOS/c1-2-3-11-21(19-10-14-28-16-19,12-13-26-15-17-4-5-17)27-20-8-6-18(7-9-20)22(23,24)25/h6-10,14,16-17,26H,2-5,11-13,15H2,1H3. The number of hydrogen-bond donors (Lipinski definition) is 1. The largest absolute Gasteiger partial charge is 0.483 e. The molecule has 1 saturated carbocycles. The number of rotatable bonds is 11. The van der Waals surface area contributed by atoms with Gasteiger partial charge in [-0.15, -0.1) is 0 Å². The molecule has 154 valence electrons. The summed E-state index contributed by atoms with van der Waals surface area (Å²) in [7, 11) is 0. The van der Waals surface area contributed by atoms with Crippen molar-refractivity contribution < 1.29 is 17.9 Å². The molecule has 1 atom stereocenters. The van der Waals surface area contributed by atoms with E-state index in [2.05, 4.69) is 23.7 Å². The van der Waals surface area contributed by atoms with E-state index in [1.54, 1.807) is 11.3 Å². The van der Waals surface area contributed by atoms with Gasteiger partial charge in [-0.2, -0.15) is 24.5 Å². The third kappa shape index (κ3) is 5.74. The molecular formula is C22H28F3NOS. The van der Waals surface area contributed by atoms with Crippen LogP contribution in [0.15, 0.2) is 41.1 Å². The number of benzene rings is 1. The van der Waals surface area contributed by atoms with E-state index in [0.717, 1.165) is 62.4 Å². The lowest BCUT2D eigenvalue weighted by molar-refractivity contribution is -0.137. The van der Waals surface area contributed by atoms with Crippen molar-refractivity contribution in [3.63, 3.8) is 0 Å². The predicted octanol–water partition coefficient (Wildman–Crippen LogP) is 6.62. The molecule has 6 heteroatoms. The highest BCUT2D eigenvalue weighted by Crippen LogP contribution is 2.38. The molecule has 1 fully saturated rings. The van der Waals surface area contributed by atoms with Gasteiger partial charge >= 0.3 is 6.18 Å². The van der Waals surface area contributed by atoms with Crippen molar-refractivity contribution in [2.45, 2.75) is 57.2 Å². The first-order chi connectivity index (χ1) is 13.4. The van der Waals surface area contributed by atoms with Crippen molar-refractivity contribution in [1.82, 2.24) is 5.32 Å². The van der Waals surface area contributed by atoms with E-state index >= 15 is 0 Å². The zero-order valence-corrected chi connectivity index (χ0v) is 17.0. The third-order valence-corrected chi connectivity index (χ3v) is 6.00. The molecule has 0 saturated heterocycles. The van der Waals surface area contributed by atoms with Crippen molar-refractivity contribution in [3.8, 4) is 5.75 Å². The maximum Gasteiger partial charge on any atom is 0.416 e. The second-order valence-electron chi connectivity index (χ2n) is 7.63. The molecule has 1 aliphatic rings. The summed E-state index contributed by atoms with van der Waals surface area (Å²) in [6.07, 6.45) is 1.94. The van der Waals surface area contributed by atoms with Crippen LogP contribution in [0.25, 0.3) is 0 Å². The highest BCUT2D eigenvalue weighted by Gasteiger charge is 2.35. The van der Waals surface area contributed by atoms with Crippen LogP contribution in [-0.2, 0) is 11.8 Å². The molecule has 1 aliphatic carbocycles. The molecule has 1 aromatic heterocycles. The second-order valence-corrected chi connectivity index (χ2v) is 8.41. The number of halogens is 3. The van der Waals surface area contributed by atoms with Gasteiger partial charge in [0.25, 0.3) is 0 Å². The zero-order chi connectivity index (χ0) is 20.0. The Morgan fingerprint density at radius 2 is 1.82 bits per heavy atom. The highest BCUT2D eigenvalue weighted by atomic mass is 32.1. The van der Waals surface area contributed by atoms with Crippen LogP contribution in [0.4, 0.5) is 13.2 Å². The first kappa shape index (κ1) is 21.2. The van der Waals surface area contributed by atoms with Gasteiger partial charge in [0.05, 0.1) is 5.56 Å². The molecular weight excluding hydrogens is 383 g/mol. The molecule has 2 nitrogen and oxygen atoms in total. The normalized spacial score (nSPS) is 16.7. The fraction of sp³-hybridized carbons (Fsp3) is 0.545. The number of unbranched alkanes of at least 4 members (excludes halogenated alkanes) is 1. The summed E-state index contributed by atoms with van der Waals surface area (Å²) in [4.78, 5) is 0. The molecule has 1 aromatic carbocycles. The lowest BCUT2D eigenvalue weighted by Crippen LogP contribution is -2.37. The van der Waals surface area contributed by atoms with Crippen LogP contribution in [0.1, 0.15) is 56.6 Å². The predicted molar refractivity (Wildman–Crippen MR) is 108 cm³/mol. The summed E-state index contributed by atoms with van der Waals surface area (Å²) in [5.74, 6) is 1.29. The zero-order valence-electron chi connectivity index (χ0n) is 16.2. The second kappa shape index (κ2) is 9.31. The SMILES string of the molecule is CCCCC(CCNCC1CC1)(Oc1ccc(C(F)(F)F)cc1)c1ccsc1. The first-order valence-electron chi connectivity index (χ1n) is 10.0. The lowest BCUT2D eigenvalue weighted by atomic mass is 9.86. The average Bonchev–Trinajstić information content (AvgIpc) is 3.32. The van der Waals surface area contributed by atoms with E-state index in [1.165, 1.54) is 25.0 Å². The minimum atomic E-state index is -4.34. The molecule has 2 aromatic rings. The summed E-state index contributed by atoms with van der Waals surface area (Å²) in [5.41, 5.74) is -0.0635. The van der Waals surface area contributed by atoms with E-state index < -0.39 is 17.3 Å². The van der Waals surface area contributed by atoms with Crippen LogP contribution in [0.3, 0.4) is 0 Å². The Balaban J connectivity index is 1.78. The van der Waals surface area contributed by atoms with Gasteiger partial charge in [-0.1, -0.05) is 13.3 Å². The quantitative estimate of drug-likeness (QED) is 0.420. The van der Waals surface area contributed by atoms with Crippen molar-refractivity contribution in [2.75, 3.05) is 13.1 Å². The van der Waals surface area contributed by atoms with Crippen LogP contribution in [0, 0.1) is 5.92 Å². The molecule has 3 rings (SSSR count). The van der Waals surface area contributed by atoms with Crippen molar-refractivity contribution in [2.24, 2.45) is 5.92 Å². The molecule has 1 unspecified atom stereocenters. The number of nitrogens with one attached hydrogen (secondary N) is 1. The van der Waals surface area contributed by atoms with E-state index in [4.69, 9.17) is 4.74 Å². The van der Waals surface area contributed by atoms with Crippen LogP contribution in [0.2, 0.25) is 0 Å². The van der Waals surface area contributed by atoms with Gasteiger partial charge in [0.15, 0.2) is 0 Å². The van der Waals surface area contributed by atoms with Gasteiger partial charge in [-0.3, -0.25) is 0 Å².